The van der Waals surface area contributed by atoms with Gasteiger partial charge in [-0.2, -0.15) is 0 Å². The van der Waals surface area contributed by atoms with Crippen molar-refractivity contribution in [3.05, 3.63) is 46.2 Å². The molecule has 2 aromatic carbocycles. The highest BCUT2D eigenvalue weighted by atomic mass is 79.9. The van der Waals surface area contributed by atoms with Crippen LogP contribution in [0.1, 0.15) is 0 Å². The Morgan fingerprint density at radius 2 is 1.77 bits per heavy atom. The van der Waals surface area contributed by atoms with E-state index in [1.807, 2.05) is 30.3 Å². The molecule has 1 aliphatic rings. The van der Waals surface area contributed by atoms with E-state index < -0.39 is 0 Å². The molecular weight excluding hydrogens is 502 g/mol. The minimum atomic E-state index is 0.639. The molecule has 162 valence electrons. The van der Waals surface area contributed by atoms with Crippen LogP contribution in [0.3, 0.4) is 0 Å². The fourth-order valence-corrected chi connectivity index (χ4v) is 4.25. The first-order valence-corrected chi connectivity index (χ1v) is 11.2. The minimum absolute atomic E-state index is 0.639. The van der Waals surface area contributed by atoms with Gasteiger partial charge in [-0.05, 0) is 52.4 Å². The van der Waals surface area contributed by atoms with Crippen molar-refractivity contribution >= 4 is 67.3 Å². The molecule has 1 aromatic heterocycles. The van der Waals surface area contributed by atoms with Crippen molar-refractivity contribution in [3.63, 3.8) is 0 Å². The number of hydrogen-bond donors (Lipinski definition) is 1. The Balaban J connectivity index is 1.47. The number of aromatic nitrogens is 2. The zero-order valence-electron chi connectivity index (χ0n) is 17.1. The van der Waals surface area contributed by atoms with E-state index in [9.17, 15) is 0 Å². The lowest BCUT2D eigenvalue weighted by molar-refractivity contribution is 0.355. The molecule has 0 bridgehead atoms. The third kappa shape index (κ3) is 4.63. The van der Waals surface area contributed by atoms with Crippen LogP contribution in [0.5, 0.6) is 11.5 Å². The first kappa shape index (κ1) is 21.9. The topological polar surface area (TPSA) is 62.8 Å². The summed E-state index contributed by atoms with van der Waals surface area (Å²) in [4.78, 5) is 13.3. The van der Waals surface area contributed by atoms with Gasteiger partial charge in [-0.1, -0.05) is 11.6 Å². The summed E-state index contributed by atoms with van der Waals surface area (Å²) < 4.78 is 11.7. The number of hydrogen-bond acceptors (Lipinski definition) is 6. The van der Waals surface area contributed by atoms with Gasteiger partial charge in [-0.25, -0.2) is 9.97 Å². The van der Waals surface area contributed by atoms with Crippen molar-refractivity contribution in [3.8, 4) is 11.5 Å². The molecule has 0 aliphatic carbocycles. The molecular formula is C21H21BrClN5O2S. The maximum absolute atomic E-state index is 6.18. The van der Waals surface area contributed by atoms with E-state index in [1.165, 1.54) is 0 Å². The highest BCUT2D eigenvalue weighted by Crippen LogP contribution is 2.35. The van der Waals surface area contributed by atoms with Gasteiger partial charge in [-0.15, -0.1) is 0 Å². The van der Waals surface area contributed by atoms with Crippen LogP contribution in [-0.2, 0) is 0 Å². The Morgan fingerprint density at radius 3 is 2.45 bits per heavy atom. The van der Waals surface area contributed by atoms with E-state index in [-0.39, 0.29) is 0 Å². The Bertz CT molecular complexity index is 1120. The van der Waals surface area contributed by atoms with Crippen molar-refractivity contribution in [2.45, 2.75) is 0 Å². The van der Waals surface area contributed by atoms with E-state index in [2.05, 4.69) is 41.0 Å². The smallest absolute Gasteiger partial charge is 0.173 e. The van der Waals surface area contributed by atoms with Gasteiger partial charge >= 0.3 is 0 Å². The van der Waals surface area contributed by atoms with Crippen LogP contribution >= 0.6 is 39.7 Å². The largest absolute Gasteiger partial charge is 0.493 e. The van der Waals surface area contributed by atoms with Crippen LogP contribution < -0.4 is 19.7 Å². The number of methoxy groups -OCH3 is 2. The van der Waals surface area contributed by atoms with E-state index in [1.54, 1.807) is 20.5 Å². The van der Waals surface area contributed by atoms with Gasteiger partial charge < -0.3 is 24.6 Å². The molecule has 1 N–H and O–H groups in total. The third-order valence-electron chi connectivity index (χ3n) is 5.16. The molecule has 0 amide bonds. The van der Waals surface area contributed by atoms with Crippen molar-refractivity contribution in [2.75, 3.05) is 50.6 Å². The molecule has 3 aromatic rings. The van der Waals surface area contributed by atoms with E-state index in [0.717, 1.165) is 53.1 Å². The standard InChI is InChI=1S/C21H21BrClN5O2S/c1-29-18-10-14-17(11-19(18)30-2)24-12-25-20(14)27-5-7-28(8-6-27)21(31)26-13-3-4-15(22)16(23)9-13/h3-4,9-12H,5-8H2,1-2H3,(H,26,31). The summed E-state index contributed by atoms with van der Waals surface area (Å²) in [6.45, 7) is 3.11. The third-order valence-corrected chi connectivity index (χ3v) is 6.75. The predicted octanol–water partition coefficient (Wildman–Crippen LogP) is 4.58. The van der Waals surface area contributed by atoms with Crippen molar-refractivity contribution in [1.29, 1.82) is 0 Å². The van der Waals surface area contributed by atoms with Crippen molar-refractivity contribution in [2.24, 2.45) is 0 Å². The molecule has 0 atom stereocenters. The molecule has 1 fully saturated rings. The van der Waals surface area contributed by atoms with Crippen LogP contribution in [0.2, 0.25) is 5.02 Å². The highest BCUT2D eigenvalue weighted by molar-refractivity contribution is 9.10. The maximum atomic E-state index is 6.18. The maximum Gasteiger partial charge on any atom is 0.173 e. The van der Waals surface area contributed by atoms with Crippen molar-refractivity contribution < 1.29 is 9.47 Å². The number of nitrogens with zero attached hydrogens (tertiary/aromatic N) is 4. The Labute approximate surface area is 199 Å². The number of rotatable bonds is 4. The molecule has 0 unspecified atom stereocenters. The highest BCUT2D eigenvalue weighted by Gasteiger charge is 2.22. The lowest BCUT2D eigenvalue weighted by atomic mass is 10.2. The molecule has 0 spiro atoms. The average Bonchev–Trinajstić information content (AvgIpc) is 2.80. The summed E-state index contributed by atoms with van der Waals surface area (Å²) >= 11 is 15.2. The first-order valence-electron chi connectivity index (χ1n) is 9.63. The zero-order valence-corrected chi connectivity index (χ0v) is 20.2. The van der Waals surface area contributed by atoms with Gasteiger partial charge in [0.2, 0.25) is 0 Å². The summed E-state index contributed by atoms with van der Waals surface area (Å²) in [5.74, 6) is 2.18. The normalized spacial score (nSPS) is 13.9. The van der Waals surface area contributed by atoms with Gasteiger partial charge in [0.1, 0.15) is 12.1 Å². The molecule has 31 heavy (non-hydrogen) atoms. The van der Waals surface area contributed by atoms with Crippen LogP contribution in [0.25, 0.3) is 10.9 Å². The molecule has 0 radical (unpaired) electrons. The van der Waals surface area contributed by atoms with Gasteiger partial charge in [0.15, 0.2) is 16.6 Å². The van der Waals surface area contributed by atoms with Gasteiger partial charge in [0.05, 0.1) is 24.8 Å². The minimum Gasteiger partial charge on any atom is -0.493 e. The summed E-state index contributed by atoms with van der Waals surface area (Å²) in [5, 5.41) is 5.52. The number of ether oxygens (including phenoxy) is 2. The fourth-order valence-electron chi connectivity index (χ4n) is 3.52. The molecule has 7 nitrogen and oxygen atoms in total. The van der Waals surface area contributed by atoms with E-state index in [4.69, 9.17) is 33.3 Å². The summed E-state index contributed by atoms with van der Waals surface area (Å²) in [6.07, 6.45) is 1.58. The number of benzene rings is 2. The number of halogens is 2. The number of piperazine rings is 1. The molecule has 10 heteroatoms. The summed E-state index contributed by atoms with van der Waals surface area (Å²) in [7, 11) is 3.24. The van der Waals surface area contributed by atoms with E-state index in [0.29, 0.717) is 21.6 Å². The van der Waals surface area contributed by atoms with E-state index >= 15 is 0 Å². The van der Waals surface area contributed by atoms with Crippen LogP contribution in [0.15, 0.2) is 41.1 Å². The summed E-state index contributed by atoms with van der Waals surface area (Å²) in [5.41, 5.74) is 1.68. The van der Waals surface area contributed by atoms with Crippen LogP contribution in [-0.4, -0.2) is 60.4 Å². The monoisotopic (exact) mass is 521 g/mol. The second-order valence-corrected chi connectivity index (χ2v) is 8.60. The number of nitrogens with one attached hydrogen (secondary N) is 1. The second-order valence-electron chi connectivity index (χ2n) is 6.95. The molecule has 1 saturated heterocycles. The second kappa shape index (κ2) is 9.42. The SMILES string of the molecule is COc1cc2ncnc(N3CCN(C(=S)Nc4ccc(Br)c(Cl)c4)CC3)c2cc1OC. The lowest BCUT2D eigenvalue weighted by Gasteiger charge is -2.37. The fraction of sp³-hybridized carbons (Fsp3) is 0.286. The van der Waals surface area contributed by atoms with Crippen LogP contribution in [0.4, 0.5) is 11.5 Å². The number of anilines is 2. The quantitative estimate of drug-likeness (QED) is 0.500. The van der Waals surface area contributed by atoms with Crippen LogP contribution in [0, 0.1) is 0 Å². The Morgan fingerprint density at radius 1 is 1.06 bits per heavy atom. The average molecular weight is 523 g/mol. The lowest BCUT2D eigenvalue weighted by Crippen LogP contribution is -2.50. The molecule has 2 heterocycles. The van der Waals surface area contributed by atoms with Gasteiger partial charge in [0.25, 0.3) is 0 Å². The first-order chi connectivity index (χ1) is 15.0. The predicted molar refractivity (Wildman–Crippen MR) is 132 cm³/mol. The molecule has 1 aliphatic heterocycles. The number of fused-ring (bicyclic) bond motifs is 1. The summed E-state index contributed by atoms with van der Waals surface area (Å²) in [6, 6.07) is 9.49. The molecule has 4 rings (SSSR count). The molecule has 0 saturated carbocycles. The van der Waals surface area contributed by atoms with Gasteiger partial charge in [0, 0.05) is 47.8 Å². The Hall–Kier alpha value is -2.36. The zero-order chi connectivity index (χ0) is 22.0. The van der Waals surface area contributed by atoms with Crippen molar-refractivity contribution in [1.82, 2.24) is 14.9 Å². The Kier molecular flexibility index (Phi) is 6.64. The number of thiocarbonyl (C=S) groups is 1. The van der Waals surface area contributed by atoms with Gasteiger partial charge in [-0.3, -0.25) is 0 Å².